The van der Waals surface area contributed by atoms with Crippen molar-refractivity contribution in [2.75, 3.05) is 18.0 Å². The number of amides is 1. The number of hydrogen-bond acceptors (Lipinski definition) is 6. The summed E-state index contributed by atoms with van der Waals surface area (Å²) in [5, 5.41) is 9.79. The van der Waals surface area contributed by atoms with E-state index in [-0.39, 0.29) is 18.0 Å². The third kappa shape index (κ3) is 2.86. The Morgan fingerprint density at radius 3 is 3.17 bits per heavy atom. The minimum Gasteiger partial charge on any atom is -0.350 e. The highest BCUT2D eigenvalue weighted by atomic mass is 32.1. The molecule has 2 aromatic rings. The van der Waals surface area contributed by atoms with Crippen LogP contribution >= 0.6 is 11.3 Å². The van der Waals surface area contributed by atoms with Crippen LogP contribution in [0.15, 0.2) is 17.8 Å². The second-order valence-electron chi connectivity index (χ2n) is 6.69. The van der Waals surface area contributed by atoms with Crippen molar-refractivity contribution < 1.29 is 4.79 Å². The molecular formula is C17H23N5OS. The summed E-state index contributed by atoms with van der Waals surface area (Å²) in [5.74, 6) is 1.03. The van der Waals surface area contributed by atoms with Crippen molar-refractivity contribution in [1.82, 2.24) is 20.6 Å². The lowest BCUT2D eigenvalue weighted by atomic mass is 9.99. The molecule has 6 nitrogen and oxygen atoms in total. The zero-order valence-electron chi connectivity index (χ0n) is 13.9. The quantitative estimate of drug-likeness (QED) is 0.889. The molecule has 1 amide bonds. The molecule has 0 bridgehead atoms. The van der Waals surface area contributed by atoms with Crippen LogP contribution in [0, 0.1) is 0 Å². The summed E-state index contributed by atoms with van der Waals surface area (Å²) in [6.45, 7) is 4.06. The van der Waals surface area contributed by atoms with E-state index in [4.69, 9.17) is 0 Å². The Morgan fingerprint density at radius 2 is 2.29 bits per heavy atom. The van der Waals surface area contributed by atoms with E-state index in [1.54, 1.807) is 17.7 Å². The zero-order valence-corrected chi connectivity index (χ0v) is 14.7. The minimum absolute atomic E-state index is 0.128. The maximum Gasteiger partial charge on any atom is 0.243 e. The summed E-state index contributed by atoms with van der Waals surface area (Å²) in [6.07, 6.45) is 5.68. The first kappa shape index (κ1) is 15.8. The van der Waals surface area contributed by atoms with E-state index >= 15 is 0 Å². The van der Waals surface area contributed by atoms with Crippen LogP contribution in [0.4, 0.5) is 5.82 Å². The predicted octanol–water partition coefficient (Wildman–Crippen LogP) is 1.92. The van der Waals surface area contributed by atoms with Crippen LogP contribution in [-0.2, 0) is 4.79 Å². The van der Waals surface area contributed by atoms with Crippen molar-refractivity contribution >= 4 is 33.3 Å². The first-order valence-corrected chi connectivity index (χ1v) is 9.60. The number of hydrogen-bond donors (Lipinski definition) is 2. The zero-order chi connectivity index (χ0) is 16.5. The fourth-order valence-corrected chi connectivity index (χ4v) is 4.55. The lowest BCUT2D eigenvalue weighted by molar-refractivity contribution is -0.123. The van der Waals surface area contributed by atoms with Crippen LogP contribution in [0.25, 0.3) is 10.2 Å². The van der Waals surface area contributed by atoms with Gasteiger partial charge in [-0.15, -0.1) is 11.3 Å². The monoisotopic (exact) mass is 345 g/mol. The molecule has 2 aliphatic rings. The molecule has 7 heteroatoms. The number of fused-ring (bicyclic) bond motifs is 1. The Hall–Kier alpha value is -1.73. The van der Waals surface area contributed by atoms with Gasteiger partial charge in [0.2, 0.25) is 5.91 Å². The maximum absolute atomic E-state index is 12.9. The van der Waals surface area contributed by atoms with Crippen LogP contribution in [0.1, 0.15) is 32.6 Å². The second kappa shape index (κ2) is 6.64. The van der Waals surface area contributed by atoms with Gasteiger partial charge in [-0.1, -0.05) is 0 Å². The number of anilines is 1. The molecule has 2 aromatic heterocycles. The largest absolute Gasteiger partial charge is 0.350 e. The molecular weight excluding hydrogens is 322 g/mol. The van der Waals surface area contributed by atoms with E-state index in [9.17, 15) is 4.79 Å². The van der Waals surface area contributed by atoms with Crippen LogP contribution in [0.5, 0.6) is 0 Å². The van der Waals surface area contributed by atoms with Gasteiger partial charge in [-0.2, -0.15) is 0 Å². The summed E-state index contributed by atoms with van der Waals surface area (Å²) < 4.78 is 0. The smallest absolute Gasteiger partial charge is 0.243 e. The SMILES string of the molecule is CC1NCCCC1NC(=O)C1CCCN1c1ncnc2sccc12. The average Bonchev–Trinajstić information content (AvgIpc) is 3.25. The Labute approximate surface area is 145 Å². The van der Waals surface area contributed by atoms with Gasteiger partial charge in [-0.25, -0.2) is 9.97 Å². The number of carbonyl (C=O) groups is 1. The second-order valence-corrected chi connectivity index (χ2v) is 7.58. The van der Waals surface area contributed by atoms with Gasteiger partial charge >= 0.3 is 0 Å². The van der Waals surface area contributed by atoms with E-state index in [0.29, 0.717) is 6.04 Å². The molecule has 0 saturated carbocycles. The summed E-state index contributed by atoms with van der Waals surface area (Å²) in [4.78, 5) is 24.8. The van der Waals surface area contributed by atoms with Gasteiger partial charge in [-0.3, -0.25) is 4.79 Å². The molecule has 2 fully saturated rings. The molecule has 0 radical (unpaired) electrons. The Morgan fingerprint density at radius 1 is 1.38 bits per heavy atom. The van der Waals surface area contributed by atoms with Gasteiger partial charge in [-0.05, 0) is 50.6 Å². The molecule has 128 valence electrons. The molecule has 3 atom stereocenters. The van der Waals surface area contributed by atoms with Crippen molar-refractivity contribution in [3.05, 3.63) is 17.8 Å². The first-order valence-electron chi connectivity index (χ1n) is 8.72. The van der Waals surface area contributed by atoms with E-state index < -0.39 is 0 Å². The van der Waals surface area contributed by atoms with Gasteiger partial charge < -0.3 is 15.5 Å². The lowest BCUT2D eigenvalue weighted by Crippen LogP contribution is -2.55. The number of rotatable bonds is 3. The van der Waals surface area contributed by atoms with Crippen molar-refractivity contribution in [3.63, 3.8) is 0 Å². The fraction of sp³-hybridized carbons (Fsp3) is 0.588. The van der Waals surface area contributed by atoms with E-state index in [0.717, 1.165) is 54.8 Å². The highest BCUT2D eigenvalue weighted by Crippen LogP contribution is 2.31. The topological polar surface area (TPSA) is 70.2 Å². The van der Waals surface area contributed by atoms with Crippen molar-refractivity contribution in [1.29, 1.82) is 0 Å². The summed E-state index contributed by atoms with van der Waals surface area (Å²) >= 11 is 1.61. The predicted molar refractivity (Wildman–Crippen MR) is 96.4 cm³/mol. The van der Waals surface area contributed by atoms with Crippen LogP contribution in [-0.4, -0.2) is 47.1 Å². The standard InChI is InChI=1S/C17H23N5OS/c1-11-13(4-2-7-18-11)21-16(23)14-5-3-8-22(14)15-12-6-9-24-17(12)20-10-19-15/h6,9-11,13-14,18H,2-5,7-8H2,1H3,(H,21,23). The fourth-order valence-electron chi connectivity index (χ4n) is 3.82. The molecule has 24 heavy (non-hydrogen) atoms. The summed E-state index contributed by atoms with van der Waals surface area (Å²) in [5.41, 5.74) is 0. The van der Waals surface area contributed by atoms with Gasteiger partial charge in [0.05, 0.1) is 5.39 Å². The first-order chi connectivity index (χ1) is 11.7. The summed E-state index contributed by atoms with van der Waals surface area (Å²) in [7, 11) is 0. The minimum atomic E-state index is -0.128. The molecule has 0 spiro atoms. The highest BCUT2D eigenvalue weighted by molar-refractivity contribution is 7.16. The van der Waals surface area contributed by atoms with Crippen molar-refractivity contribution in [3.8, 4) is 0 Å². The number of thiophene rings is 1. The average molecular weight is 345 g/mol. The molecule has 0 aliphatic carbocycles. The normalized spacial score (nSPS) is 27.5. The molecule has 2 aliphatic heterocycles. The molecule has 2 N–H and O–H groups in total. The van der Waals surface area contributed by atoms with Crippen LogP contribution in [0.3, 0.4) is 0 Å². The van der Waals surface area contributed by atoms with Gasteiger partial charge in [0.1, 0.15) is 23.0 Å². The number of nitrogens with one attached hydrogen (secondary N) is 2. The van der Waals surface area contributed by atoms with E-state index in [2.05, 4.69) is 38.5 Å². The molecule has 4 rings (SSSR count). The molecule has 0 aromatic carbocycles. The van der Waals surface area contributed by atoms with Gasteiger partial charge in [0.15, 0.2) is 0 Å². The van der Waals surface area contributed by atoms with Crippen molar-refractivity contribution in [2.45, 2.75) is 50.7 Å². The highest BCUT2D eigenvalue weighted by Gasteiger charge is 2.34. The van der Waals surface area contributed by atoms with Gasteiger partial charge in [0, 0.05) is 18.6 Å². The maximum atomic E-state index is 12.9. The van der Waals surface area contributed by atoms with Gasteiger partial charge in [0.25, 0.3) is 0 Å². The van der Waals surface area contributed by atoms with E-state index in [1.807, 2.05) is 5.38 Å². The number of aromatic nitrogens is 2. The summed E-state index contributed by atoms with van der Waals surface area (Å²) in [6, 6.07) is 2.48. The molecule has 4 heterocycles. The third-order valence-corrected chi connectivity index (χ3v) is 5.98. The Balaban J connectivity index is 1.54. The number of nitrogens with zero attached hydrogens (tertiary/aromatic N) is 3. The van der Waals surface area contributed by atoms with Crippen LogP contribution in [0.2, 0.25) is 0 Å². The number of piperidine rings is 1. The van der Waals surface area contributed by atoms with Crippen molar-refractivity contribution in [2.24, 2.45) is 0 Å². The molecule has 2 saturated heterocycles. The van der Waals surface area contributed by atoms with Crippen LogP contribution < -0.4 is 15.5 Å². The Kier molecular flexibility index (Phi) is 4.37. The third-order valence-electron chi connectivity index (χ3n) is 5.16. The van der Waals surface area contributed by atoms with E-state index in [1.165, 1.54) is 0 Å². The number of carbonyl (C=O) groups excluding carboxylic acids is 1. The Bertz CT molecular complexity index is 733. The molecule has 3 unspecified atom stereocenters. The lowest BCUT2D eigenvalue weighted by Gasteiger charge is -2.33.